The van der Waals surface area contributed by atoms with Gasteiger partial charge in [-0.25, -0.2) is 4.98 Å². The van der Waals surface area contributed by atoms with Crippen LogP contribution >= 0.6 is 0 Å². The number of benzene rings is 1. The molecule has 0 atom stereocenters. The van der Waals surface area contributed by atoms with E-state index in [2.05, 4.69) is 52.0 Å². The molecule has 1 aromatic carbocycles. The van der Waals surface area contributed by atoms with Gasteiger partial charge in [-0.3, -0.25) is 4.68 Å². The number of aromatic nitrogens is 4. The standard InChI is InChI=1S/C16H21N5/c1-11-12(2)21(9-16-18-10-19-20(16)4)15-6-5-13(8-17-3)7-14(11)15/h5-7,10,17H,8-9H2,1-4H3. The predicted octanol–water partition coefficient (Wildman–Crippen LogP) is 2.15. The molecule has 21 heavy (non-hydrogen) atoms. The van der Waals surface area contributed by atoms with Crippen molar-refractivity contribution in [2.24, 2.45) is 7.05 Å². The first-order valence-corrected chi connectivity index (χ1v) is 7.17. The van der Waals surface area contributed by atoms with Crippen LogP contribution in [0.15, 0.2) is 24.5 Å². The zero-order chi connectivity index (χ0) is 15.0. The Bertz CT molecular complexity index is 781. The normalized spacial score (nSPS) is 11.4. The Hall–Kier alpha value is -2.14. The van der Waals surface area contributed by atoms with Gasteiger partial charge >= 0.3 is 0 Å². The SMILES string of the molecule is CNCc1ccc2c(c1)c(C)c(C)n2Cc1ncnn1C. The second-order valence-electron chi connectivity index (χ2n) is 5.48. The van der Waals surface area contributed by atoms with Crippen molar-refractivity contribution in [1.82, 2.24) is 24.6 Å². The van der Waals surface area contributed by atoms with E-state index in [4.69, 9.17) is 0 Å². The Balaban J connectivity index is 2.10. The average molecular weight is 283 g/mol. The van der Waals surface area contributed by atoms with E-state index in [9.17, 15) is 0 Å². The number of hydrogen-bond donors (Lipinski definition) is 1. The second kappa shape index (κ2) is 5.33. The Morgan fingerprint density at radius 3 is 2.71 bits per heavy atom. The minimum Gasteiger partial charge on any atom is -0.337 e. The molecule has 110 valence electrons. The number of nitrogens with zero attached hydrogens (tertiary/aromatic N) is 4. The van der Waals surface area contributed by atoms with Gasteiger partial charge in [0.1, 0.15) is 12.2 Å². The summed E-state index contributed by atoms with van der Waals surface area (Å²) in [4.78, 5) is 4.34. The van der Waals surface area contributed by atoms with Gasteiger partial charge < -0.3 is 9.88 Å². The van der Waals surface area contributed by atoms with Crippen LogP contribution in [0.5, 0.6) is 0 Å². The molecule has 5 heteroatoms. The first kappa shape index (κ1) is 13.8. The zero-order valence-electron chi connectivity index (χ0n) is 13.0. The van der Waals surface area contributed by atoms with Crippen LogP contribution in [0.1, 0.15) is 22.6 Å². The summed E-state index contributed by atoms with van der Waals surface area (Å²) in [5.41, 5.74) is 5.19. The van der Waals surface area contributed by atoms with Crippen molar-refractivity contribution in [2.75, 3.05) is 7.05 Å². The van der Waals surface area contributed by atoms with Crippen molar-refractivity contribution in [3.05, 3.63) is 47.2 Å². The van der Waals surface area contributed by atoms with Crippen LogP contribution in [0.4, 0.5) is 0 Å². The van der Waals surface area contributed by atoms with Gasteiger partial charge in [0.25, 0.3) is 0 Å². The molecule has 3 rings (SSSR count). The van der Waals surface area contributed by atoms with E-state index in [1.165, 1.54) is 27.7 Å². The molecule has 2 heterocycles. The van der Waals surface area contributed by atoms with Gasteiger partial charge in [0.05, 0.1) is 6.54 Å². The van der Waals surface area contributed by atoms with Crippen molar-refractivity contribution in [3.63, 3.8) is 0 Å². The van der Waals surface area contributed by atoms with Crippen LogP contribution < -0.4 is 5.32 Å². The summed E-state index contributed by atoms with van der Waals surface area (Å²) in [6, 6.07) is 6.67. The van der Waals surface area contributed by atoms with E-state index in [1.54, 1.807) is 6.33 Å². The Labute approximate surface area is 124 Å². The summed E-state index contributed by atoms with van der Waals surface area (Å²) in [5, 5.41) is 8.68. The smallest absolute Gasteiger partial charge is 0.146 e. The monoisotopic (exact) mass is 283 g/mol. The van der Waals surface area contributed by atoms with Gasteiger partial charge in [-0.1, -0.05) is 6.07 Å². The van der Waals surface area contributed by atoms with Gasteiger partial charge in [0.2, 0.25) is 0 Å². The summed E-state index contributed by atoms with van der Waals surface area (Å²) >= 11 is 0. The molecule has 0 unspecified atom stereocenters. The Kier molecular flexibility index (Phi) is 3.51. The number of nitrogens with one attached hydrogen (secondary N) is 1. The average Bonchev–Trinajstić information content (AvgIpc) is 2.98. The molecule has 0 radical (unpaired) electrons. The molecule has 5 nitrogen and oxygen atoms in total. The molecule has 2 aromatic heterocycles. The maximum atomic E-state index is 4.34. The van der Waals surface area contributed by atoms with Crippen LogP contribution in [0.3, 0.4) is 0 Å². The van der Waals surface area contributed by atoms with Crippen LogP contribution in [0, 0.1) is 13.8 Å². The van der Waals surface area contributed by atoms with Crippen LogP contribution in [0.25, 0.3) is 10.9 Å². The van der Waals surface area contributed by atoms with Gasteiger partial charge in [0, 0.05) is 30.2 Å². The highest BCUT2D eigenvalue weighted by atomic mass is 15.3. The maximum Gasteiger partial charge on any atom is 0.146 e. The summed E-state index contributed by atoms with van der Waals surface area (Å²) in [6.45, 7) is 6.00. The number of hydrogen-bond acceptors (Lipinski definition) is 3. The lowest BCUT2D eigenvalue weighted by Crippen LogP contribution is -2.08. The van der Waals surface area contributed by atoms with E-state index in [-0.39, 0.29) is 0 Å². The van der Waals surface area contributed by atoms with Crippen LogP contribution in [0.2, 0.25) is 0 Å². The maximum absolute atomic E-state index is 4.34. The molecular weight excluding hydrogens is 262 g/mol. The molecule has 0 spiro atoms. The molecule has 0 saturated carbocycles. The topological polar surface area (TPSA) is 47.7 Å². The van der Waals surface area contributed by atoms with Crippen molar-refractivity contribution in [3.8, 4) is 0 Å². The van der Waals surface area contributed by atoms with Gasteiger partial charge in [-0.15, -0.1) is 0 Å². The lowest BCUT2D eigenvalue weighted by Gasteiger charge is -2.08. The molecule has 0 aliphatic rings. The Morgan fingerprint density at radius 1 is 1.24 bits per heavy atom. The Morgan fingerprint density at radius 2 is 2.05 bits per heavy atom. The van der Waals surface area contributed by atoms with Crippen LogP contribution in [-0.4, -0.2) is 26.4 Å². The van der Waals surface area contributed by atoms with Crippen molar-refractivity contribution in [2.45, 2.75) is 26.9 Å². The van der Waals surface area contributed by atoms with E-state index >= 15 is 0 Å². The highest BCUT2D eigenvalue weighted by molar-refractivity contribution is 5.86. The number of aryl methyl sites for hydroxylation is 2. The van der Waals surface area contributed by atoms with E-state index in [1.807, 2.05) is 18.8 Å². The van der Waals surface area contributed by atoms with E-state index < -0.39 is 0 Å². The quantitative estimate of drug-likeness (QED) is 0.798. The lowest BCUT2D eigenvalue weighted by molar-refractivity contribution is 0.656. The summed E-state index contributed by atoms with van der Waals surface area (Å²) in [7, 11) is 3.91. The highest BCUT2D eigenvalue weighted by Crippen LogP contribution is 2.26. The first-order chi connectivity index (χ1) is 10.1. The minimum atomic E-state index is 0.748. The third-order valence-corrected chi connectivity index (χ3v) is 4.19. The fraction of sp³-hybridized carbons (Fsp3) is 0.375. The largest absolute Gasteiger partial charge is 0.337 e. The predicted molar refractivity (Wildman–Crippen MR) is 84.3 cm³/mol. The zero-order valence-corrected chi connectivity index (χ0v) is 13.0. The summed E-state index contributed by atoms with van der Waals surface area (Å²) in [5.74, 6) is 0.967. The fourth-order valence-corrected chi connectivity index (χ4v) is 2.82. The summed E-state index contributed by atoms with van der Waals surface area (Å²) in [6.07, 6.45) is 1.61. The molecule has 0 aliphatic heterocycles. The second-order valence-corrected chi connectivity index (χ2v) is 5.48. The van der Waals surface area contributed by atoms with Gasteiger partial charge in [-0.05, 0) is 44.2 Å². The van der Waals surface area contributed by atoms with Crippen LogP contribution in [-0.2, 0) is 20.1 Å². The van der Waals surface area contributed by atoms with Gasteiger partial charge in [0.15, 0.2) is 0 Å². The minimum absolute atomic E-state index is 0.748. The third kappa shape index (κ3) is 2.34. The summed E-state index contributed by atoms with van der Waals surface area (Å²) < 4.78 is 4.15. The number of rotatable bonds is 4. The molecular formula is C16H21N5. The van der Waals surface area contributed by atoms with Crippen molar-refractivity contribution in [1.29, 1.82) is 0 Å². The number of fused-ring (bicyclic) bond motifs is 1. The van der Waals surface area contributed by atoms with E-state index in [0.29, 0.717) is 0 Å². The van der Waals surface area contributed by atoms with Gasteiger partial charge in [-0.2, -0.15) is 5.10 Å². The molecule has 0 saturated heterocycles. The van der Waals surface area contributed by atoms with Crippen molar-refractivity contribution >= 4 is 10.9 Å². The fourth-order valence-electron chi connectivity index (χ4n) is 2.82. The molecule has 0 amide bonds. The lowest BCUT2D eigenvalue weighted by atomic mass is 10.1. The first-order valence-electron chi connectivity index (χ1n) is 7.17. The third-order valence-electron chi connectivity index (χ3n) is 4.19. The molecule has 0 aliphatic carbocycles. The molecule has 0 bridgehead atoms. The van der Waals surface area contributed by atoms with Crippen molar-refractivity contribution < 1.29 is 0 Å². The molecule has 3 aromatic rings. The molecule has 1 N–H and O–H groups in total. The molecule has 0 fully saturated rings. The van der Waals surface area contributed by atoms with E-state index in [0.717, 1.165) is 18.9 Å². The highest BCUT2D eigenvalue weighted by Gasteiger charge is 2.13.